The van der Waals surface area contributed by atoms with Gasteiger partial charge in [0.2, 0.25) is 0 Å². The molecule has 0 fully saturated rings. The number of benzene rings is 6. The van der Waals surface area contributed by atoms with Crippen molar-refractivity contribution in [3.63, 3.8) is 0 Å². The summed E-state index contributed by atoms with van der Waals surface area (Å²) in [6.45, 7) is 12.7. The van der Waals surface area contributed by atoms with E-state index in [1.165, 1.54) is 87.3 Å². The van der Waals surface area contributed by atoms with Gasteiger partial charge in [-0.15, -0.1) is 11.3 Å². The SMILES string of the molecule is Cc1ccc2c(c1)C=CC2.Cc1cccc2c1C=CC2.Cc1cccc2ccccc12.Cc1cccc2occc12.Cc1cnc2[nH]ccc2c1.Cc1csc2ccccc12. The maximum absolute atomic E-state index is 5.20. The molecule has 0 amide bonds. The lowest BCUT2D eigenvalue weighted by atomic mass is 10.1. The number of pyridine rings is 1. The third-order valence-electron chi connectivity index (χ3n) is 10.9. The van der Waals surface area contributed by atoms with Crippen LogP contribution in [-0.4, -0.2) is 9.97 Å². The summed E-state index contributed by atoms with van der Waals surface area (Å²) in [4.78, 5) is 7.22. The Morgan fingerprint density at radius 1 is 0.541 bits per heavy atom. The first-order chi connectivity index (χ1) is 29.7. The second kappa shape index (κ2) is 20.5. The lowest BCUT2D eigenvalue weighted by Crippen LogP contribution is -1.83. The highest BCUT2D eigenvalue weighted by atomic mass is 32.1. The van der Waals surface area contributed by atoms with Gasteiger partial charge in [-0.2, -0.15) is 0 Å². The van der Waals surface area contributed by atoms with Crippen LogP contribution in [0.3, 0.4) is 0 Å². The summed E-state index contributed by atoms with van der Waals surface area (Å²) in [7, 11) is 0. The molecule has 304 valence electrons. The van der Waals surface area contributed by atoms with E-state index in [4.69, 9.17) is 4.42 Å². The highest BCUT2D eigenvalue weighted by Gasteiger charge is 2.05. The van der Waals surface area contributed by atoms with Crippen LogP contribution in [0, 0.1) is 41.5 Å². The lowest BCUT2D eigenvalue weighted by molar-refractivity contribution is 0.616. The lowest BCUT2D eigenvalue weighted by Gasteiger charge is -2.00. The minimum Gasteiger partial charge on any atom is -0.464 e. The highest BCUT2D eigenvalue weighted by Crippen LogP contribution is 2.25. The predicted octanol–water partition coefficient (Wildman–Crippen LogP) is 16.1. The number of hydrogen-bond donors (Lipinski definition) is 1. The number of thiophene rings is 1. The van der Waals surface area contributed by atoms with Crippen LogP contribution in [0.15, 0.2) is 180 Å². The van der Waals surface area contributed by atoms with E-state index < -0.39 is 0 Å². The third-order valence-corrected chi connectivity index (χ3v) is 12.0. The number of furan rings is 1. The summed E-state index contributed by atoms with van der Waals surface area (Å²) in [5.74, 6) is 0. The monoisotopic (exact) mass is 814 g/mol. The van der Waals surface area contributed by atoms with Gasteiger partial charge in [0.05, 0.1) is 6.26 Å². The zero-order chi connectivity index (χ0) is 42.6. The Kier molecular flexibility index (Phi) is 14.2. The smallest absolute Gasteiger partial charge is 0.137 e. The van der Waals surface area contributed by atoms with Crippen molar-refractivity contribution in [3.05, 3.63) is 231 Å². The van der Waals surface area contributed by atoms with Crippen molar-refractivity contribution in [2.45, 2.75) is 54.4 Å². The molecule has 12 rings (SSSR count). The fourth-order valence-electron chi connectivity index (χ4n) is 7.52. The second-order valence-electron chi connectivity index (χ2n) is 15.6. The largest absolute Gasteiger partial charge is 0.464 e. The Morgan fingerprint density at radius 2 is 1.25 bits per heavy atom. The maximum Gasteiger partial charge on any atom is 0.137 e. The minimum atomic E-state index is 0.964. The number of rotatable bonds is 0. The number of aryl methyl sites for hydroxylation is 6. The number of nitrogens with one attached hydrogen (secondary N) is 1. The quantitative estimate of drug-likeness (QED) is 0.166. The topological polar surface area (TPSA) is 41.8 Å². The first kappa shape index (κ1) is 42.4. The van der Waals surface area contributed by atoms with Gasteiger partial charge in [-0.25, -0.2) is 4.98 Å². The Morgan fingerprint density at radius 3 is 2.05 bits per heavy atom. The number of aromatic amines is 1. The van der Waals surface area contributed by atoms with Gasteiger partial charge in [-0.1, -0.05) is 139 Å². The average molecular weight is 815 g/mol. The summed E-state index contributed by atoms with van der Waals surface area (Å²) in [5, 5.41) is 8.67. The molecule has 0 saturated carbocycles. The zero-order valence-electron chi connectivity index (χ0n) is 36.1. The van der Waals surface area contributed by atoms with E-state index in [0.717, 1.165) is 24.1 Å². The predicted molar refractivity (Wildman–Crippen MR) is 265 cm³/mol. The van der Waals surface area contributed by atoms with Crippen molar-refractivity contribution in [1.82, 2.24) is 9.97 Å². The van der Waals surface area contributed by atoms with Gasteiger partial charge in [0.1, 0.15) is 11.2 Å². The van der Waals surface area contributed by atoms with Gasteiger partial charge in [0.15, 0.2) is 0 Å². The number of hydrogen-bond acceptors (Lipinski definition) is 3. The first-order valence-electron chi connectivity index (χ1n) is 20.9. The van der Waals surface area contributed by atoms with Gasteiger partial charge in [-0.05, 0) is 156 Å². The number of aromatic nitrogens is 2. The van der Waals surface area contributed by atoms with Gasteiger partial charge in [0.25, 0.3) is 0 Å². The molecule has 3 nitrogen and oxygen atoms in total. The molecule has 6 aromatic carbocycles. The van der Waals surface area contributed by atoms with Crippen LogP contribution >= 0.6 is 11.3 Å². The van der Waals surface area contributed by atoms with Gasteiger partial charge in [-0.3, -0.25) is 0 Å². The molecule has 4 aromatic heterocycles. The van der Waals surface area contributed by atoms with Crippen molar-refractivity contribution in [1.29, 1.82) is 0 Å². The maximum atomic E-state index is 5.20. The molecule has 10 aromatic rings. The normalized spacial score (nSPS) is 11.5. The summed E-state index contributed by atoms with van der Waals surface area (Å²) < 4.78 is 6.59. The number of fused-ring (bicyclic) bond motifs is 6. The Bertz CT molecular complexity index is 3050. The molecule has 0 saturated heterocycles. The van der Waals surface area contributed by atoms with Crippen molar-refractivity contribution in [2.24, 2.45) is 0 Å². The molecular formula is C57H54N2OS. The molecule has 4 heteroatoms. The van der Waals surface area contributed by atoms with E-state index in [0.29, 0.717) is 0 Å². The van der Waals surface area contributed by atoms with E-state index in [2.05, 4.69) is 190 Å². The molecule has 2 aliphatic carbocycles. The van der Waals surface area contributed by atoms with Crippen LogP contribution in [-0.2, 0) is 12.8 Å². The third kappa shape index (κ3) is 11.1. The Labute approximate surface area is 364 Å². The molecule has 1 N–H and O–H groups in total. The summed E-state index contributed by atoms with van der Waals surface area (Å²) >= 11 is 1.81. The molecule has 0 radical (unpaired) electrons. The summed E-state index contributed by atoms with van der Waals surface area (Å²) in [6, 6.07) is 48.6. The summed E-state index contributed by atoms with van der Waals surface area (Å²) in [5.41, 5.74) is 15.7. The second-order valence-corrected chi connectivity index (χ2v) is 16.5. The van der Waals surface area contributed by atoms with E-state index in [1.54, 1.807) is 6.26 Å². The van der Waals surface area contributed by atoms with Crippen molar-refractivity contribution in [2.75, 3.05) is 0 Å². The number of allylic oxidation sites excluding steroid dienone is 2. The van der Waals surface area contributed by atoms with Gasteiger partial charge < -0.3 is 9.40 Å². The van der Waals surface area contributed by atoms with Gasteiger partial charge >= 0.3 is 0 Å². The van der Waals surface area contributed by atoms with Crippen LogP contribution in [0.25, 0.3) is 55.0 Å². The van der Waals surface area contributed by atoms with Crippen LogP contribution in [0.5, 0.6) is 0 Å². The molecule has 61 heavy (non-hydrogen) atoms. The molecule has 0 bridgehead atoms. The molecule has 4 heterocycles. The minimum absolute atomic E-state index is 0.964. The van der Waals surface area contributed by atoms with Crippen molar-refractivity contribution < 1.29 is 4.42 Å². The highest BCUT2D eigenvalue weighted by molar-refractivity contribution is 7.17. The van der Waals surface area contributed by atoms with Crippen LogP contribution in [0.4, 0.5) is 0 Å². The van der Waals surface area contributed by atoms with Crippen molar-refractivity contribution in [3.8, 4) is 0 Å². The van der Waals surface area contributed by atoms with E-state index in [9.17, 15) is 0 Å². The van der Waals surface area contributed by atoms with E-state index >= 15 is 0 Å². The number of H-pyrrole nitrogens is 1. The average Bonchev–Trinajstić information content (AvgIpc) is 4.14. The van der Waals surface area contributed by atoms with E-state index in [1.807, 2.05) is 54.9 Å². The first-order valence-corrected chi connectivity index (χ1v) is 21.8. The standard InChI is InChI=1S/C11H10.2C10H10.C9H8O.C9H8S.C8H8N2/c1-9-5-4-7-10-6-2-3-8-11(9)10;1-8-4-2-5-9-6-3-7-10(8)9;1-8-5-6-9-3-2-4-10(9)7-8;1-7-3-2-4-9-8(7)5-6-10-9;1-7-6-10-9-5-3-2-4-8(7)9;1-6-4-7-2-3-9-8(7)10-5-6/h2-8H,1H3;2-5,7H,6H2,1H3;2,4-7H,3H2,1H3;2*2-6H,1H3;2-5H,1H3,(H,9,10). The van der Waals surface area contributed by atoms with Crippen LogP contribution in [0.1, 0.15) is 55.6 Å². The molecule has 0 atom stereocenters. The van der Waals surface area contributed by atoms with Crippen molar-refractivity contribution >= 4 is 66.4 Å². The summed E-state index contributed by atoms with van der Waals surface area (Å²) in [6.07, 6.45) is 16.6. The molecule has 0 aliphatic heterocycles. The molecule has 0 spiro atoms. The molecular weight excluding hydrogens is 761 g/mol. The molecule has 2 aliphatic rings. The fourth-order valence-corrected chi connectivity index (χ4v) is 8.47. The van der Waals surface area contributed by atoms with Crippen LogP contribution in [0.2, 0.25) is 0 Å². The fraction of sp³-hybridized carbons (Fsp3) is 0.140. The number of nitrogens with zero attached hydrogens (tertiary/aromatic N) is 1. The Hall–Kier alpha value is -6.75. The van der Waals surface area contributed by atoms with E-state index in [-0.39, 0.29) is 0 Å². The molecule has 0 unspecified atom stereocenters. The van der Waals surface area contributed by atoms with Gasteiger partial charge in [0, 0.05) is 27.9 Å². The van der Waals surface area contributed by atoms with Crippen LogP contribution < -0.4 is 0 Å². The zero-order valence-corrected chi connectivity index (χ0v) is 36.9. The Balaban J connectivity index is 0.000000110.